The first kappa shape index (κ1) is 30.9. The first-order valence-electron chi connectivity index (χ1n) is 13.6. The number of fused-ring (bicyclic) bond motifs is 1. The summed E-state index contributed by atoms with van der Waals surface area (Å²) in [5.74, 6) is -1.06. The molecule has 2 fully saturated rings. The van der Waals surface area contributed by atoms with Gasteiger partial charge in [0.25, 0.3) is 0 Å². The normalized spacial score (nSPS) is 22.3. The Morgan fingerprint density at radius 2 is 1.07 bits per heavy atom. The van der Waals surface area contributed by atoms with Crippen molar-refractivity contribution >= 4 is 65.6 Å². The topological polar surface area (TPSA) is 79.4 Å². The molecule has 5 rings (SSSR count). The molecule has 2 saturated heterocycles. The lowest BCUT2D eigenvalue weighted by molar-refractivity contribution is -0.150. The van der Waals surface area contributed by atoms with Crippen LogP contribution < -0.4 is 0 Å². The number of nitrogens with zero attached hydrogens (tertiary/aromatic N) is 3. The van der Waals surface area contributed by atoms with Gasteiger partial charge in [0.2, 0.25) is 5.91 Å². The van der Waals surface area contributed by atoms with Gasteiger partial charge in [-0.05, 0) is 66.9 Å². The van der Waals surface area contributed by atoms with Gasteiger partial charge in [-0.1, -0.05) is 84.2 Å². The van der Waals surface area contributed by atoms with Crippen LogP contribution >= 0.6 is 47.8 Å². The van der Waals surface area contributed by atoms with Gasteiger partial charge in [-0.2, -0.15) is 0 Å². The number of halogens is 3. The fourth-order valence-electron chi connectivity index (χ4n) is 5.89. The van der Waals surface area contributed by atoms with Gasteiger partial charge in [-0.3, -0.25) is 19.3 Å². The third-order valence-corrected chi connectivity index (χ3v) is 9.04. The molecule has 220 valence electrons. The molecular formula is C31H30Br3N3O5. The van der Waals surface area contributed by atoms with Crippen LogP contribution in [0, 0.1) is 0 Å². The van der Waals surface area contributed by atoms with E-state index in [0.29, 0.717) is 0 Å². The number of rotatable bonds is 9. The van der Waals surface area contributed by atoms with Crippen LogP contribution in [-0.4, -0.2) is 64.9 Å². The second-order valence-corrected chi connectivity index (χ2v) is 12.7. The molecule has 3 aromatic carbocycles. The lowest BCUT2D eigenvalue weighted by Gasteiger charge is -2.37. The summed E-state index contributed by atoms with van der Waals surface area (Å²) in [5, 5.41) is 0. The van der Waals surface area contributed by atoms with Crippen LogP contribution in [0.1, 0.15) is 48.9 Å². The van der Waals surface area contributed by atoms with Crippen molar-refractivity contribution in [2.45, 2.75) is 38.3 Å². The van der Waals surface area contributed by atoms with Crippen LogP contribution in [0.15, 0.2) is 86.2 Å². The van der Waals surface area contributed by atoms with Crippen LogP contribution in [0.4, 0.5) is 0 Å². The van der Waals surface area contributed by atoms with Crippen LogP contribution in [0.5, 0.6) is 0 Å². The number of carbonyl (C=O) groups is 3. The molecule has 0 N–H and O–H groups in total. The highest BCUT2D eigenvalue weighted by atomic mass is 79.9. The molecule has 8 nitrogen and oxygen atoms in total. The Labute approximate surface area is 270 Å². The molecule has 3 aromatic rings. The van der Waals surface area contributed by atoms with E-state index in [2.05, 4.69) is 52.7 Å². The lowest BCUT2D eigenvalue weighted by atomic mass is 9.98. The third kappa shape index (κ3) is 6.21. The second kappa shape index (κ2) is 13.4. The minimum absolute atomic E-state index is 0.0273. The molecule has 0 saturated carbocycles. The Hall–Kier alpha value is -2.57. The molecule has 0 radical (unpaired) electrons. The average Bonchev–Trinajstić information content (AvgIpc) is 3.42. The summed E-state index contributed by atoms with van der Waals surface area (Å²) >= 11 is 10.6. The third-order valence-electron chi connectivity index (χ3n) is 7.46. The molecule has 0 unspecified atom stereocenters. The predicted octanol–water partition coefficient (Wildman–Crippen LogP) is 6.37. The summed E-state index contributed by atoms with van der Waals surface area (Å²) in [6.45, 7) is 3.76. The SMILES string of the molecule is CCOC(=O)CN1C(=O)[C@@H]2[C@@H](c3ccc(Br)cc3)N(CC(=O)OCC)[C@@H](c3ccc(Br)cc3)N2[C@H]1c1ccc(Br)cc1. The molecule has 42 heavy (non-hydrogen) atoms. The average molecular weight is 764 g/mol. The monoisotopic (exact) mass is 761 g/mol. The molecule has 4 atom stereocenters. The fourth-order valence-corrected chi connectivity index (χ4v) is 6.68. The number of benzene rings is 3. The van der Waals surface area contributed by atoms with E-state index in [4.69, 9.17) is 9.47 Å². The van der Waals surface area contributed by atoms with Crippen LogP contribution in [0.25, 0.3) is 0 Å². The van der Waals surface area contributed by atoms with Gasteiger partial charge in [0, 0.05) is 13.4 Å². The van der Waals surface area contributed by atoms with E-state index in [9.17, 15) is 14.4 Å². The highest BCUT2D eigenvalue weighted by molar-refractivity contribution is 9.11. The largest absolute Gasteiger partial charge is 0.465 e. The van der Waals surface area contributed by atoms with Crippen molar-refractivity contribution in [3.63, 3.8) is 0 Å². The Morgan fingerprint density at radius 3 is 1.55 bits per heavy atom. The molecule has 0 aromatic heterocycles. The number of amides is 1. The molecule has 2 aliphatic rings. The van der Waals surface area contributed by atoms with Crippen molar-refractivity contribution in [1.29, 1.82) is 0 Å². The first-order chi connectivity index (χ1) is 20.2. The second-order valence-electron chi connectivity index (χ2n) is 9.99. The van der Waals surface area contributed by atoms with Crippen molar-refractivity contribution in [2.24, 2.45) is 0 Å². The standard InChI is InChI=1S/C31H30Br3N3O5/c1-3-41-25(38)17-35-27(19-5-11-22(32)12-6-19)28-31(40)36(18-26(39)42-4-2)30(21-9-15-24(34)16-10-21)37(28)29(35)20-7-13-23(33)14-8-20/h5-16,27-30H,3-4,17-18H2,1-2H3/t27-,28+,29-,30+/m1/s1. The van der Waals surface area contributed by atoms with Gasteiger partial charge in [0.15, 0.2) is 0 Å². The van der Waals surface area contributed by atoms with Crippen LogP contribution in [-0.2, 0) is 23.9 Å². The Bertz CT molecular complexity index is 1390. The molecule has 2 heterocycles. The van der Waals surface area contributed by atoms with Crippen molar-refractivity contribution in [1.82, 2.24) is 14.7 Å². The van der Waals surface area contributed by atoms with E-state index in [1.165, 1.54) is 0 Å². The molecule has 11 heteroatoms. The summed E-state index contributed by atoms with van der Waals surface area (Å²) in [4.78, 5) is 46.2. The van der Waals surface area contributed by atoms with Gasteiger partial charge < -0.3 is 14.4 Å². The summed E-state index contributed by atoms with van der Waals surface area (Å²) in [6, 6.07) is 22.2. The summed E-state index contributed by atoms with van der Waals surface area (Å²) < 4.78 is 13.4. The van der Waals surface area contributed by atoms with E-state index in [-0.39, 0.29) is 38.2 Å². The maximum atomic E-state index is 14.5. The highest BCUT2D eigenvalue weighted by Gasteiger charge is 2.61. The van der Waals surface area contributed by atoms with Gasteiger partial charge >= 0.3 is 11.9 Å². The number of carbonyl (C=O) groups excluding carboxylic acids is 3. The Balaban J connectivity index is 1.72. The van der Waals surface area contributed by atoms with E-state index < -0.39 is 30.4 Å². The zero-order valence-electron chi connectivity index (χ0n) is 23.1. The summed E-state index contributed by atoms with van der Waals surface area (Å²) in [6.07, 6.45) is -1.09. The van der Waals surface area contributed by atoms with Crippen molar-refractivity contribution < 1.29 is 23.9 Å². The van der Waals surface area contributed by atoms with Crippen molar-refractivity contribution in [3.05, 3.63) is 103 Å². The summed E-state index contributed by atoms with van der Waals surface area (Å²) in [5.41, 5.74) is 2.62. The smallest absolute Gasteiger partial charge is 0.325 e. The minimum Gasteiger partial charge on any atom is -0.465 e. The lowest BCUT2D eigenvalue weighted by Crippen LogP contribution is -2.43. The van der Waals surface area contributed by atoms with Gasteiger partial charge in [0.1, 0.15) is 18.8 Å². The number of ether oxygens (including phenoxy) is 2. The Morgan fingerprint density at radius 1 is 0.643 bits per heavy atom. The quantitative estimate of drug-likeness (QED) is 0.235. The fraction of sp³-hybridized carbons (Fsp3) is 0.323. The molecule has 0 aliphatic carbocycles. The van der Waals surface area contributed by atoms with Gasteiger partial charge in [-0.25, -0.2) is 4.90 Å². The van der Waals surface area contributed by atoms with E-state index in [1.807, 2.05) is 77.7 Å². The Kier molecular flexibility index (Phi) is 9.84. The van der Waals surface area contributed by atoms with Crippen molar-refractivity contribution in [2.75, 3.05) is 26.3 Å². The number of esters is 2. The zero-order valence-corrected chi connectivity index (χ0v) is 27.8. The van der Waals surface area contributed by atoms with E-state index in [1.54, 1.807) is 18.7 Å². The maximum absolute atomic E-state index is 14.5. The molecule has 0 spiro atoms. The first-order valence-corrected chi connectivity index (χ1v) is 16.0. The van der Waals surface area contributed by atoms with Gasteiger partial charge in [0.05, 0.1) is 32.0 Å². The zero-order chi connectivity index (χ0) is 30.0. The molecule has 2 aliphatic heterocycles. The van der Waals surface area contributed by atoms with Crippen LogP contribution in [0.2, 0.25) is 0 Å². The minimum atomic E-state index is -0.697. The summed E-state index contributed by atoms with van der Waals surface area (Å²) in [7, 11) is 0. The van der Waals surface area contributed by atoms with Gasteiger partial charge in [-0.15, -0.1) is 0 Å². The predicted molar refractivity (Wildman–Crippen MR) is 168 cm³/mol. The maximum Gasteiger partial charge on any atom is 0.325 e. The highest BCUT2D eigenvalue weighted by Crippen LogP contribution is 2.54. The number of hydrogen-bond donors (Lipinski definition) is 0. The molecular weight excluding hydrogens is 734 g/mol. The number of hydrogen-bond acceptors (Lipinski definition) is 7. The van der Waals surface area contributed by atoms with Crippen LogP contribution in [0.3, 0.4) is 0 Å². The molecule has 1 amide bonds. The van der Waals surface area contributed by atoms with E-state index in [0.717, 1.165) is 30.1 Å². The van der Waals surface area contributed by atoms with E-state index >= 15 is 0 Å². The van der Waals surface area contributed by atoms with Crippen molar-refractivity contribution in [3.8, 4) is 0 Å². The molecule has 0 bridgehead atoms.